The van der Waals surface area contributed by atoms with E-state index in [-0.39, 0.29) is 124 Å². The van der Waals surface area contributed by atoms with Gasteiger partial charge in [-0.1, -0.05) is 79.5 Å². The summed E-state index contributed by atoms with van der Waals surface area (Å²) in [6.07, 6.45) is 8.77. The molecule has 12 heterocycles. The molecule has 134 heavy (non-hydrogen) atoms. The Bertz CT molecular complexity index is 7210. The number of hydrogen-bond donors (Lipinski definition) is 3. The first kappa shape index (κ1) is 92.9. The standard InChI is InChI=1S/C34H32F3N3O4.C34H30F3N3O4.C33H29F5N4O4/c2*1-6-25(42)39-14-19-15-44-33-26(20(19)12-18(39)5)21-13-23(36)28(27-22(35)8-7-9-24(27)41)29(37)32(21)40(34(33)43)31-17(4)10-11-38-30(31)16(2)3;1-6-23(44)40-13-18-14-46-31-30(42(18)33(37,38)17(40)5)19-12-21(35)25(24-20(34)8-7-9-22(24)43)26(36)29(19)41(32(31)45)28-16(4)10-11-39-27(28)15(2)3/h6-11,13,16,18-20,41H,1,12,14-15H2,2-5H3;6-11,13,16,18,41H,1,12,14-15H2,2-5H3;6-12,15,17-18,43H,1,13-14H2,2-5H3. The number of benzene rings is 6. The van der Waals surface area contributed by atoms with Crippen molar-refractivity contribution in [2.45, 2.75) is 150 Å². The van der Waals surface area contributed by atoms with Crippen LogP contribution in [0.15, 0.2) is 168 Å². The van der Waals surface area contributed by atoms with Gasteiger partial charge in [0.2, 0.25) is 23.5 Å². The third kappa shape index (κ3) is 15.0. The van der Waals surface area contributed by atoms with E-state index < -0.39 is 173 Å². The summed E-state index contributed by atoms with van der Waals surface area (Å²) < 4.78 is 199. The topological polar surface area (TPSA) is 257 Å². The van der Waals surface area contributed by atoms with Crippen LogP contribution in [0.5, 0.6) is 34.5 Å². The summed E-state index contributed by atoms with van der Waals surface area (Å²) in [6, 6.07) is 10.2. The highest BCUT2D eigenvalue weighted by atomic mass is 19.3. The molecule has 0 saturated carbocycles. The lowest BCUT2D eigenvalue weighted by molar-refractivity contribution is -0.150. The van der Waals surface area contributed by atoms with Crippen molar-refractivity contribution in [3.05, 3.63) is 281 Å². The number of phenolic OH excluding ortho intramolecular Hbond substituents is 3. The summed E-state index contributed by atoms with van der Waals surface area (Å²) in [7, 11) is 0. The molecule has 22 nitrogen and oxygen atoms in total. The molecule has 6 unspecified atom stereocenters. The number of piperidine rings is 1. The molecular weight excluding hydrogens is 1750 g/mol. The number of piperazine rings is 1. The molecule has 18 rings (SSSR count). The smallest absolute Gasteiger partial charge is 0.346 e. The number of ether oxygens (including phenoxy) is 3. The van der Waals surface area contributed by atoms with Gasteiger partial charge in [0.25, 0.3) is 16.7 Å². The third-order valence-corrected chi connectivity index (χ3v) is 26.0. The van der Waals surface area contributed by atoms with Gasteiger partial charge >= 0.3 is 6.05 Å². The number of amides is 3. The average molecular weight is 1850 g/mol. The van der Waals surface area contributed by atoms with Crippen LogP contribution in [0.3, 0.4) is 0 Å². The minimum Gasteiger partial charge on any atom is -0.507 e. The van der Waals surface area contributed by atoms with E-state index in [2.05, 4.69) is 34.7 Å². The van der Waals surface area contributed by atoms with Gasteiger partial charge in [-0.3, -0.25) is 62.3 Å². The molecule has 694 valence electrons. The van der Waals surface area contributed by atoms with Crippen LogP contribution in [0.1, 0.15) is 144 Å². The fraction of sp³-hybridized carbons (Fsp3) is 0.297. The van der Waals surface area contributed by atoms with Crippen molar-refractivity contribution in [2.75, 3.05) is 44.4 Å². The Morgan fingerprint density at radius 3 is 1.32 bits per heavy atom. The molecule has 0 aliphatic carbocycles. The lowest BCUT2D eigenvalue weighted by Gasteiger charge is -2.52. The van der Waals surface area contributed by atoms with Crippen LogP contribution in [0.25, 0.3) is 88.7 Å². The number of carbonyl (C=O) groups excluding carboxylic acids is 3. The van der Waals surface area contributed by atoms with Crippen LogP contribution < -0.4 is 35.8 Å². The van der Waals surface area contributed by atoms with E-state index in [0.29, 0.717) is 86.1 Å². The Hall–Kier alpha value is -14.4. The number of aryl methyl sites for hydroxylation is 3. The number of fused-ring (bicyclic) bond motifs is 14. The molecule has 6 aliphatic heterocycles. The monoisotopic (exact) mass is 1840 g/mol. The summed E-state index contributed by atoms with van der Waals surface area (Å²) in [6.45, 7) is 31.5. The molecule has 2 saturated heterocycles. The van der Waals surface area contributed by atoms with E-state index in [1.807, 2.05) is 41.5 Å². The average Bonchev–Trinajstić information content (AvgIpc) is 0.689. The van der Waals surface area contributed by atoms with E-state index in [1.165, 1.54) is 30.5 Å². The Morgan fingerprint density at radius 2 is 0.873 bits per heavy atom. The molecule has 0 spiro atoms. The number of hydrogen-bond acceptors (Lipinski definition) is 16. The molecule has 3 N–H and O–H groups in total. The zero-order valence-corrected chi connectivity index (χ0v) is 74.7. The lowest BCUT2D eigenvalue weighted by atomic mass is 9.75. The number of aromatic nitrogens is 6. The molecule has 2 fully saturated rings. The van der Waals surface area contributed by atoms with E-state index in [0.717, 1.165) is 92.3 Å². The van der Waals surface area contributed by atoms with Gasteiger partial charge in [-0.15, -0.1) is 0 Å². The second-order valence-corrected chi connectivity index (χ2v) is 35.2. The highest BCUT2D eigenvalue weighted by Crippen LogP contribution is 2.54. The van der Waals surface area contributed by atoms with Crippen molar-refractivity contribution in [2.24, 2.45) is 5.92 Å². The van der Waals surface area contributed by atoms with Gasteiger partial charge in [0.1, 0.15) is 71.4 Å². The maximum atomic E-state index is 17.0. The normalized spacial score (nSPS) is 18.1. The minimum atomic E-state index is -3.85. The maximum absolute atomic E-state index is 17.0. The number of alkyl halides is 2. The van der Waals surface area contributed by atoms with Crippen LogP contribution in [0.2, 0.25) is 0 Å². The first-order valence-electron chi connectivity index (χ1n) is 43.3. The fourth-order valence-corrected chi connectivity index (χ4v) is 19.6. The van der Waals surface area contributed by atoms with Crippen LogP contribution >= 0.6 is 0 Å². The Morgan fingerprint density at radius 1 is 0.470 bits per heavy atom. The molecule has 6 aromatic carbocycles. The predicted octanol–water partition coefficient (Wildman–Crippen LogP) is 19.3. The van der Waals surface area contributed by atoms with Gasteiger partial charge in [-0.05, 0) is 197 Å². The number of phenols is 3. The molecular formula is C101H91F11N10O12. The van der Waals surface area contributed by atoms with Gasteiger partial charge in [-0.2, -0.15) is 8.78 Å². The number of aromatic hydroxyl groups is 3. The zero-order valence-electron chi connectivity index (χ0n) is 74.7. The highest BCUT2D eigenvalue weighted by molar-refractivity contribution is 6.03. The van der Waals surface area contributed by atoms with Crippen molar-refractivity contribution in [3.63, 3.8) is 0 Å². The van der Waals surface area contributed by atoms with Gasteiger partial charge in [-0.25, -0.2) is 39.5 Å². The van der Waals surface area contributed by atoms with E-state index >= 15 is 48.3 Å². The molecule has 0 bridgehead atoms. The van der Waals surface area contributed by atoms with Crippen molar-refractivity contribution in [1.29, 1.82) is 0 Å². The Labute approximate surface area is 760 Å². The molecule has 6 aromatic heterocycles. The highest BCUT2D eigenvalue weighted by Gasteiger charge is 2.58. The number of likely N-dealkylation sites (tertiary alicyclic amines) is 1. The number of carbonyl (C=O) groups is 3. The Balaban J connectivity index is 0.000000146. The van der Waals surface area contributed by atoms with Crippen LogP contribution in [-0.2, 0) is 14.4 Å². The van der Waals surface area contributed by atoms with Gasteiger partial charge in [0, 0.05) is 83.5 Å². The summed E-state index contributed by atoms with van der Waals surface area (Å²) in [5.41, 5.74) is -3.24. The largest absolute Gasteiger partial charge is 0.507 e. The number of rotatable bonds is 12. The fourth-order valence-electron chi connectivity index (χ4n) is 19.6. The molecule has 0 radical (unpaired) electrons. The summed E-state index contributed by atoms with van der Waals surface area (Å²) >= 11 is 0. The molecule has 6 atom stereocenters. The van der Waals surface area contributed by atoms with Gasteiger partial charge in [0.05, 0.1) is 102 Å². The zero-order chi connectivity index (χ0) is 96.6. The number of pyridine rings is 6. The molecule has 3 amide bonds. The molecule has 6 aliphatic rings. The van der Waals surface area contributed by atoms with Crippen molar-refractivity contribution in [1.82, 2.24) is 43.4 Å². The van der Waals surface area contributed by atoms with E-state index in [9.17, 15) is 44.1 Å². The third-order valence-electron chi connectivity index (χ3n) is 26.0. The Kier molecular flexibility index (Phi) is 24.5. The first-order valence-corrected chi connectivity index (χ1v) is 43.3. The van der Waals surface area contributed by atoms with Crippen LogP contribution in [0.4, 0.5) is 54.0 Å². The minimum absolute atomic E-state index is 0.00588. The first-order chi connectivity index (χ1) is 63.6. The quantitative estimate of drug-likeness (QED) is 0.0583. The van der Waals surface area contributed by atoms with E-state index in [4.69, 9.17) is 14.2 Å². The second-order valence-electron chi connectivity index (χ2n) is 35.2. The number of anilines is 1. The molecule has 33 heteroatoms. The summed E-state index contributed by atoms with van der Waals surface area (Å²) in [5.74, 6) is -16.1. The summed E-state index contributed by atoms with van der Waals surface area (Å²) in [5, 5.41) is 31.2. The van der Waals surface area contributed by atoms with Crippen molar-refractivity contribution < 1.29 is 92.2 Å². The van der Waals surface area contributed by atoms with Gasteiger partial charge < -0.3 is 44.2 Å². The van der Waals surface area contributed by atoms with Crippen molar-refractivity contribution in [3.8, 4) is 84.9 Å². The summed E-state index contributed by atoms with van der Waals surface area (Å²) in [4.78, 5) is 99.2. The van der Waals surface area contributed by atoms with Crippen molar-refractivity contribution >= 4 is 61.7 Å². The number of nitrogens with zero attached hydrogens (tertiary/aromatic N) is 10. The SMILES string of the molecule is C=CC(=O)N1CC2=C(CC1C)c1c(c(=O)n(-c3c(C)ccnc3C(C)C)c3c(F)c(-c4c(O)cccc4F)c(F)cc13)OC2.C=CC(=O)N1CC2COc3c(c4cc(F)c(-c5c(O)cccc5F)c(F)c4n(-c4c(C)ccnc4C(C)C)c3=O)C2CC1C.C=CC(=O)N1CC2COc3c(c4cc(F)c(-c5c(O)cccc5F)c(F)c4n(-c4c(C)ccnc4C(C)C)c3=O)N2C(F)(F)C1C. The number of halogens is 11. The van der Waals surface area contributed by atoms with Crippen LogP contribution in [0, 0.1) is 79.0 Å². The van der Waals surface area contributed by atoms with Crippen LogP contribution in [-0.4, -0.2) is 146 Å². The second kappa shape index (κ2) is 35.3. The maximum Gasteiger partial charge on any atom is 0.346 e. The van der Waals surface area contributed by atoms with E-state index in [1.54, 1.807) is 75.0 Å². The van der Waals surface area contributed by atoms with Gasteiger partial charge in [0.15, 0.2) is 29.0 Å². The molecule has 12 aromatic rings. The predicted molar refractivity (Wildman–Crippen MR) is 484 cm³/mol. The lowest BCUT2D eigenvalue weighted by Crippen LogP contribution is -2.70.